The van der Waals surface area contributed by atoms with Gasteiger partial charge in [0.15, 0.2) is 0 Å². The van der Waals surface area contributed by atoms with Crippen molar-refractivity contribution in [1.82, 2.24) is 9.80 Å². The van der Waals surface area contributed by atoms with E-state index in [1.54, 1.807) is 12.1 Å². The van der Waals surface area contributed by atoms with Crippen molar-refractivity contribution in [1.29, 1.82) is 0 Å². The fraction of sp³-hybridized carbons (Fsp3) is 0.231. The molecule has 1 heterocycles. The lowest BCUT2D eigenvalue weighted by Crippen LogP contribution is -2.47. The summed E-state index contributed by atoms with van der Waals surface area (Å²) in [5, 5.41) is 9.37. The van der Waals surface area contributed by atoms with Gasteiger partial charge in [-0.3, -0.25) is 9.80 Å². The third kappa shape index (κ3) is 5.57. The lowest BCUT2D eigenvalue weighted by Gasteiger charge is -2.39. The molecule has 1 saturated heterocycles. The molecule has 0 aromatic heterocycles. The molecule has 0 unspecified atom stereocenters. The highest BCUT2D eigenvalue weighted by molar-refractivity contribution is 5.50. The molecule has 0 radical (unpaired) electrons. The third-order valence-electron chi connectivity index (χ3n) is 5.71. The summed E-state index contributed by atoms with van der Waals surface area (Å²) in [6, 6.07) is 20.3. The van der Waals surface area contributed by atoms with E-state index in [4.69, 9.17) is 0 Å². The van der Waals surface area contributed by atoms with Gasteiger partial charge < -0.3 is 5.11 Å². The average Bonchev–Trinajstić information content (AvgIpc) is 2.79. The highest BCUT2D eigenvalue weighted by Crippen LogP contribution is 2.30. The molecule has 1 fully saturated rings. The molecule has 0 spiro atoms. The molecule has 3 aromatic rings. The van der Waals surface area contributed by atoms with E-state index in [1.165, 1.54) is 24.3 Å². The minimum absolute atomic E-state index is 0.0316. The Bertz CT molecular complexity index is 948. The molecule has 3 aromatic carbocycles. The summed E-state index contributed by atoms with van der Waals surface area (Å²) in [4.78, 5) is 4.76. The number of benzene rings is 3. The molecular formula is C26H26F2N2O. The van der Waals surface area contributed by atoms with Crippen LogP contribution in [0.25, 0.3) is 6.08 Å². The van der Waals surface area contributed by atoms with Gasteiger partial charge in [-0.15, -0.1) is 0 Å². The van der Waals surface area contributed by atoms with Gasteiger partial charge in [0.05, 0.1) is 6.04 Å². The van der Waals surface area contributed by atoms with E-state index in [0.29, 0.717) is 0 Å². The monoisotopic (exact) mass is 420 g/mol. The zero-order valence-electron chi connectivity index (χ0n) is 17.3. The van der Waals surface area contributed by atoms with Crippen molar-refractivity contribution in [2.75, 3.05) is 32.7 Å². The number of aromatic hydroxyl groups is 1. The van der Waals surface area contributed by atoms with Crippen molar-refractivity contribution in [3.63, 3.8) is 0 Å². The maximum absolute atomic E-state index is 13.5. The molecule has 31 heavy (non-hydrogen) atoms. The highest BCUT2D eigenvalue weighted by Gasteiger charge is 2.26. The number of piperazine rings is 1. The van der Waals surface area contributed by atoms with Crippen LogP contribution in [-0.4, -0.2) is 47.6 Å². The second kappa shape index (κ2) is 9.86. The van der Waals surface area contributed by atoms with Gasteiger partial charge in [-0.05, 0) is 53.1 Å². The summed E-state index contributed by atoms with van der Waals surface area (Å²) >= 11 is 0. The number of halogens is 2. The van der Waals surface area contributed by atoms with Crippen LogP contribution in [0.4, 0.5) is 8.78 Å². The Morgan fingerprint density at radius 2 is 1.26 bits per heavy atom. The first kappa shape index (κ1) is 21.2. The smallest absolute Gasteiger partial charge is 0.123 e. The Labute approximate surface area is 181 Å². The summed E-state index contributed by atoms with van der Waals surface area (Å²) in [5.74, 6) is -0.246. The van der Waals surface area contributed by atoms with E-state index in [1.807, 2.05) is 36.4 Å². The minimum atomic E-state index is -0.258. The second-order valence-electron chi connectivity index (χ2n) is 7.84. The van der Waals surface area contributed by atoms with Crippen LogP contribution in [0.5, 0.6) is 5.75 Å². The lowest BCUT2D eigenvalue weighted by molar-refractivity contribution is 0.118. The first-order valence-corrected chi connectivity index (χ1v) is 10.5. The zero-order chi connectivity index (χ0) is 21.6. The van der Waals surface area contributed by atoms with Gasteiger partial charge in [0.1, 0.15) is 17.4 Å². The quantitative estimate of drug-likeness (QED) is 0.602. The van der Waals surface area contributed by atoms with Crippen LogP contribution in [0.3, 0.4) is 0 Å². The fourth-order valence-corrected chi connectivity index (χ4v) is 4.03. The number of nitrogens with zero attached hydrogens (tertiary/aromatic N) is 2. The van der Waals surface area contributed by atoms with Crippen LogP contribution in [-0.2, 0) is 0 Å². The molecule has 0 bridgehead atoms. The average molecular weight is 421 g/mol. The van der Waals surface area contributed by atoms with Gasteiger partial charge in [-0.25, -0.2) is 8.78 Å². The van der Waals surface area contributed by atoms with Gasteiger partial charge in [0, 0.05) is 32.7 Å². The molecule has 5 heteroatoms. The Morgan fingerprint density at radius 3 is 1.77 bits per heavy atom. The molecule has 0 atom stereocenters. The van der Waals surface area contributed by atoms with Crippen molar-refractivity contribution in [3.05, 3.63) is 107 Å². The van der Waals surface area contributed by atoms with Gasteiger partial charge in [0.25, 0.3) is 0 Å². The summed E-state index contributed by atoms with van der Waals surface area (Å²) in [6.45, 7) is 4.42. The lowest BCUT2D eigenvalue weighted by atomic mass is 9.96. The van der Waals surface area contributed by atoms with E-state index < -0.39 is 0 Å². The molecule has 1 N–H and O–H groups in total. The maximum atomic E-state index is 13.5. The van der Waals surface area contributed by atoms with Gasteiger partial charge >= 0.3 is 0 Å². The topological polar surface area (TPSA) is 26.7 Å². The van der Waals surface area contributed by atoms with E-state index in [2.05, 4.69) is 22.0 Å². The van der Waals surface area contributed by atoms with Crippen LogP contribution in [0.2, 0.25) is 0 Å². The second-order valence-corrected chi connectivity index (χ2v) is 7.84. The molecule has 160 valence electrons. The highest BCUT2D eigenvalue weighted by atomic mass is 19.1. The molecular weight excluding hydrogens is 394 g/mol. The Morgan fingerprint density at radius 1 is 0.742 bits per heavy atom. The Balaban J connectivity index is 1.42. The number of phenols is 1. The predicted octanol–water partition coefficient (Wildman–Crippen LogP) is 5.09. The molecule has 0 aliphatic carbocycles. The SMILES string of the molecule is Oc1ccc(/C=C/CN2CCN(C(c3ccc(F)cc3)c3ccc(F)cc3)CC2)cc1. The number of hydrogen-bond donors (Lipinski definition) is 1. The zero-order valence-corrected chi connectivity index (χ0v) is 17.3. The number of phenolic OH excluding ortho intramolecular Hbond substituents is 1. The molecule has 0 amide bonds. The van der Waals surface area contributed by atoms with Gasteiger partial charge in [-0.2, -0.15) is 0 Å². The van der Waals surface area contributed by atoms with Crippen LogP contribution < -0.4 is 0 Å². The normalized spacial score (nSPS) is 15.7. The fourth-order valence-electron chi connectivity index (χ4n) is 4.03. The summed E-state index contributed by atoms with van der Waals surface area (Å²) < 4.78 is 26.9. The summed E-state index contributed by atoms with van der Waals surface area (Å²) in [6.07, 6.45) is 4.20. The Hall–Kier alpha value is -3.02. The van der Waals surface area contributed by atoms with Crippen LogP contribution in [0.1, 0.15) is 22.7 Å². The van der Waals surface area contributed by atoms with E-state index >= 15 is 0 Å². The van der Waals surface area contributed by atoms with Gasteiger partial charge in [0.2, 0.25) is 0 Å². The molecule has 1 aliphatic rings. The Kier molecular flexibility index (Phi) is 6.75. The van der Waals surface area contributed by atoms with E-state index in [-0.39, 0.29) is 23.4 Å². The summed E-state index contributed by atoms with van der Waals surface area (Å²) in [5.41, 5.74) is 3.08. The van der Waals surface area contributed by atoms with E-state index in [0.717, 1.165) is 49.4 Å². The summed E-state index contributed by atoms with van der Waals surface area (Å²) in [7, 11) is 0. The molecule has 4 rings (SSSR count). The van der Waals surface area contributed by atoms with Crippen molar-refractivity contribution in [3.8, 4) is 5.75 Å². The first-order valence-electron chi connectivity index (χ1n) is 10.5. The third-order valence-corrected chi connectivity index (χ3v) is 5.71. The molecule has 0 saturated carbocycles. The largest absolute Gasteiger partial charge is 0.508 e. The van der Waals surface area contributed by atoms with Crippen LogP contribution in [0, 0.1) is 11.6 Å². The van der Waals surface area contributed by atoms with E-state index in [9.17, 15) is 13.9 Å². The number of hydrogen-bond acceptors (Lipinski definition) is 3. The predicted molar refractivity (Wildman–Crippen MR) is 120 cm³/mol. The van der Waals surface area contributed by atoms with Crippen molar-refractivity contribution in [2.45, 2.75) is 6.04 Å². The first-order chi connectivity index (χ1) is 15.1. The minimum Gasteiger partial charge on any atom is -0.508 e. The molecule has 3 nitrogen and oxygen atoms in total. The van der Waals surface area contributed by atoms with Gasteiger partial charge in [-0.1, -0.05) is 48.6 Å². The molecule has 1 aliphatic heterocycles. The van der Waals surface area contributed by atoms with Crippen molar-refractivity contribution in [2.24, 2.45) is 0 Å². The van der Waals surface area contributed by atoms with Crippen LogP contribution in [0.15, 0.2) is 78.9 Å². The standard InChI is InChI=1S/C26H26F2N2O/c27-23-9-5-21(6-10-23)26(22-7-11-24(28)12-8-22)30-18-16-29(17-19-30)15-1-2-20-3-13-25(31)14-4-20/h1-14,26,31H,15-19H2/b2-1+. The number of rotatable bonds is 6. The van der Waals surface area contributed by atoms with Crippen LogP contribution >= 0.6 is 0 Å². The maximum Gasteiger partial charge on any atom is 0.123 e. The van der Waals surface area contributed by atoms with Crippen molar-refractivity contribution >= 4 is 6.08 Å². The van der Waals surface area contributed by atoms with Crippen molar-refractivity contribution < 1.29 is 13.9 Å².